The maximum Gasteiger partial charge on any atom is 0.325 e. The SMILES string of the molecule is CCOC(=O)CNC(=S)CC(=O)c1ccc(Cl)cc1. The first-order valence-corrected chi connectivity index (χ1v) is 6.52. The largest absolute Gasteiger partial charge is 0.465 e. The first-order valence-electron chi connectivity index (χ1n) is 5.74. The Balaban J connectivity index is 2.42. The van der Waals surface area contributed by atoms with E-state index in [2.05, 4.69) is 5.32 Å². The zero-order valence-corrected chi connectivity index (χ0v) is 12.0. The van der Waals surface area contributed by atoms with Crippen molar-refractivity contribution in [2.75, 3.05) is 13.2 Å². The molecule has 1 aromatic rings. The van der Waals surface area contributed by atoms with Crippen LogP contribution in [-0.4, -0.2) is 29.9 Å². The molecular weight excluding hydrogens is 286 g/mol. The van der Waals surface area contributed by atoms with Crippen molar-refractivity contribution in [2.24, 2.45) is 0 Å². The molecule has 0 heterocycles. The second-order valence-corrected chi connectivity index (χ2v) is 4.62. The Kier molecular flexibility index (Phi) is 6.45. The summed E-state index contributed by atoms with van der Waals surface area (Å²) in [5, 5.41) is 3.26. The number of esters is 1. The van der Waals surface area contributed by atoms with Gasteiger partial charge >= 0.3 is 5.97 Å². The number of hydrogen-bond donors (Lipinski definition) is 1. The van der Waals surface area contributed by atoms with E-state index < -0.39 is 5.97 Å². The highest BCUT2D eigenvalue weighted by atomic mass is 35.5. The summed E-state index contributed by atoms with van der Waals surface area (Å²) in [7, 11) is 0. The maximum absolute atomic E-state index is 11.9. The van der Waals surface area contributed by atoms with Gasteiger partial charge in [-0.25, -0.2) is 0 Å². The second-order valence-electron chi connectivity index (χ2n) is 3.69. The molecule has 1 rings (SSSR count). The molecule has 0 spiro atoms. The summed E-state index contributed by atoms with van der Waals surface area (Å²) in [5.41, 5.74) is 0.532. The number of benzene rings is 1. The van der Waals surface area contributed by atoms with E-state index in [1.165, 1.54) is 0 Å². The van der Waals surface area contributed by atoms with E-state index in [1.54, 1.807) is 31.2 Å². The highest BCUT2D eigenvalue weighted by molar-refractivity contribution is 7.80. The summed E-state index contributed by atoms with van der Waals surface area (Å²) in [6.45, 7) is 2.01. The number of rotatable bonds is 6. The van der Waals surface area contributed by atoms with Crippen molar-refractivity contribution >= 4 is 40.6 Å². The lowest BCUT2D eigenvalue weighted by molar-refractivity contribution is -0.141. The van der Waals surface area contributed by atoms with Crippen molar-refractivity contribution in [3.8, 4) is 0 Å². The third kappa shape index (κ3) is 5.81. The lowest BCUT2D eigenvalue weighted by Gasteiger charge is -2.07. The summed E-state index contributed by atoms with van der Waals surface area (Å²) < 4.78 is 4.73. The van der Waals surface area contributed by atoms with Gasteiger partial charge in [-0.3, -0.25) is 9.59 Å². The Morgan fingerprint density at radius 1 is 1.32 bits per heavy atom. The number of thiocarbonyl (C=S) groups is 1. The molecule has 0 radical (unpaired) electrons. The van der Waals surface area contributed by atoms with Crippen molar-refractivity contribution in [2.45, 2.75) is 13.3 Å². The van der Waals surface area contributed by atoms with Gasteiger partial charge in [0.1, 0.15) is 6.54 Å². The highest BCUT2D eigenvalue weighted by Crippen LogP contribution is 2.11. The standard InChI is InChI=1S/C13H14ClNO3S/c1-2-18-13(17)8-15-12(19)7-11(16)9-3-5-10(14)6-4-9/h3-6H,2,7-8H2,1H3,(H,15,19). The van der Waals surface area contributed by atoms with Gasteiger partial charge in [0, 0.05) is 10.6 Å². The smallest absolute Gasteiger partial charge is 0.325 e. The molecule has 0 aliphatic rings. The number of ether oxygens (including phenoxy) is 1. The van der Waals surface area contributed by atoms with Gasteiger partial charge in [0.25, 0.3) is 0 Å². The fourth-order valence-electron chi connectivity index (χ4n) is 1.33. The van der Waals surface area contributed by atoms with Crippen molar-refractivity contribution in [1.29, 1.82) is 0 Å². The predicted molar refractivity (Wildman–Crippen MR) is 77.6 cm³/mol. The number of halogens is 1. The van der Waals surface area contributed by atoms with Gasteiger partial charge in [0.05, 0.1) is 18.0 Å². The van der Waals surface area contributed by atoms with E-state index in [1.807, 2.05) is 0 Å². The van der Waals surface area contributed by atoms with Gasteiger partial charge < -0.3 is 10.1 Å². The van der Waals surface area contributed by atoms with E-state index in [0.717, 1.165) is 0 Å². The van der Waals surface area contributed by atoms with Gasteiger partial charge in [-0.15, -0.1) is 0 Å². The van der Waals surface area contributed by atoms with Gasteiger partial charge in [-0.2, -0.15) is 0 Å². The van der Waals surface area contributed by atoms with Crippen LogP contribution in [0.2, 0.25) is 5.02 Å². The molecule has 6 heteroatoms. The van der Waals surface area contributed by atoms with Gasteiger partial charge in [-0.1, -0.05) is 23.8 Å². The molecule has 0 unspecified atom stereocenters. The summed E-state index contributed by atoms with van der Waals surface area (Å²) in [5.74, 6) is -0.526. The molecule has 0 saturated heterocycles. The van der Waals surface area contributed by atoms with Crippen LogP contribution in [0, 0.1) is 0 Å². The third-order valence-corrected chi connectivity index (χ3v) is 2.76. The number of nitrogens with one attached hydrogen (secondary N) is 1. The van der Waals surface area contributed by atoms with E-state index in [4.69, 9.17) is 28.6 Å². The van der Waals surface area contributed by atoms with Crippen LogP contribution < -0.4 is 5.32 Å². The molecule has 0 amide bonds. The molecular formula is C13H14ClNO3S. The zero-order valence-electron chi connectivity index (χ0n) is 10.4. The molecule has 102 valence electrons. The van der Waals surface area contributed by atoms with Crippen molar-refractivity contribution in [3.05, 3.63) is 34.9 Å². The monoisotopic (exact) mass is 299 g/mol. The topological polar surface area (TPSA) is 55.4 Å². The zero-order chi connectivity index (χ0) is 14.3. The molecule has 1 aromatic carbocycles. The molecule has 19 heavy (non-hydrogen) atoms. The molecule has 1 N–H and O–H groups in total. The highest BCUT2D eigenvalue weighted by Gasteiger charge is 2.10. The number of carbonyl (C=O) groups is 2. The van der Waals surface area contributed by atoms with Crippen LogP contribution in [0.25, 0.3) is 0 Å². The Hall–Kier alpha value is -1.46. The van der Waals surface area contributed by atoms with Crippen LogP contribution in [0.1, 0.15) is 23.7 Å². The molecule has 0 bridgehead atoms. The molecule has 0 aromatic heterocycles. The minimum Gasteiger partial charge on any atom is -0.465 e. The normalized spacial score (nSPS) is 9.79. The maximum atomic E-state index is 11.9. The van der Waals surface area contributed by atoms with Crippen molar-refractivity contribution in [3.63, 3.8) is 0 Å². The molecule has 0 fully saturated rings. The molecule has 0 saturated carbocycles. The Labute approximate surface area is 122 Å². The molecule has 0 aliphatic heterocycles. The van der Waals surface area contributed by atoms with Crippen LogP contribution in [0.4, 0.5) is 0 Å². The van der Waals surface area contributed by atoms with Crippen LogP contribution in [0.15, 0.2) is 24.3 Å². The van der Waals surface area contributed by atoms with Crippen LogP contribution in [0.5, 0.6) is 0 Å². The number of carbonyl (C=O) groups excluding carboxylic acids is 2. The van der Waals surface area contributed by atoms with E-state index in [-0.39, 0.29) is 18.7 Å². The van der Waals surface area contributed by atoms with Crippen LogP contribution >= 0.6 is 23.8 Å². The van der Waals surface area contributed by atoms with E-state index in [9.17, 15) is 9.59 Å². The van der Waals surface area contributed by atoms with Crippen LogP contribution in [0.3, 0.4) is 0 Å². The average molecular weight is 300 g/mol. The average Bonchev–Trinajstić information content (AvgIpc) is 2.37. The fourth-order valence-corrected chi connectivity index (χ4v) is 1.66. The Morgan fingerprint density at radius 3 is 2.53 bits per heavy atom. The van der Waals surface area contributed by atoms with Gasteiger partial charge in [-0.05, 0) is 31.2 Å². The Morgan fingerprint density at radius 2 is 1.95 bits per heavy atom. The quantitative estimate of drug-likeness (QED) is 0.496. The first-order chi connectivity index (χ1) is 9.02. The molecule has 4 nitrogen and oxygen atoms in total. The Bertz CT molecular complexity index is 473. The summed E-state index contributed by atoms with van der Waals surface area (Å²) in [4.78, 5) is 23.3. The molecule has 0 aliphatic carbocycles. The van der Waals surface area contributed by atoms with Gasteiger partial charge in [0.2, 0.25) is 0 Å². The number of ketones is 1. The summed E-state index contributed by atoms with van der Waals surface area (Å²) in [6, 6.07) is 6.56. The van der Waals surface area contributed by atoms with Crippen molar-refractivity contribution < 1.29 is 14.3 Å². The second kappa shape index (κ2) is 7.86. The lowest BCUT2D eigenvalue weighted by Crippen LogP contribution is -2.30. The van der Waals surface area contributed by atoms with E-state index in [0.29, 0.717) is 22.2 Å². The van der Waals surface area contributed by atoms with E-state index >= 15 is 0 Å². The molecule has 0 atom stereocenters. The summed E-state index contributed by atoms with van der Waals surface area (Å²) in [6.07, 6.45) is 0.0520. The minimum atomic E-state index is -0.399. The first kappa shape index (κ1) is 15.6. The van der Waals surface area contributed by atoms with Crippen LogP contribution in [-0.2, 0) is 9.53 Å². The third-order valence-electron chi connectivity index (χ3n) is 2.22. The van der Waals surface area contributed by atoms with Crippen molar-refractivity contribution in [1.82, 2.24) is 5.32 Å². The predicted octanol–water partition coefficient (Wildman–Crippen LogP) is 2.39. The lowest BCUT2D eigenvalue weighted by atomic mass is 10.1. The number of hydrogen-bond acceptors (Lipinski definition) is 4. The minimum absolute atomic E-state index is 0.0272. The fraction of sp³-hybridized carbons (Fsp3) is 0.308. The summed E-state index contributed by atoms with van der Waals surface area (Å²) >= 11 is 10.7. The van der Waals surface area contributed by atoms with Gasteiger partial charge in [0.15, 0.2) is 5.78 Å². The number of Topliss-reactive ketones (excluding diaryl/α,β-unsaturated/α-hetero) is 1.